The predicted molar refractivity (Wildman–Crippen MR) is 120 cm³/mol. The molecule has 6 nitrogen and oxygen atoms in total. The molecule has 1 heterocycles. The van der Waals surface area contributed by atoms with Crippen LogP contribution in [0.15, 0.2) is 58.5 Å². The van der Waals surface area contributed by atoms with Crippen LogP contribution >= 0.6 is 11.8 Å². The molecule has 1 aromatic heterocycles. The van der Waals surface area contributed by atoms with Gasteiger partial charge < -0.3 is 0 Å². The maximum absolute atomic E-state index is 13.4. The van der Waals surface area contributed by atoms with Crippen molar-refractivity contribution in [2.75, 3.05) is 18.1 Å². The van der Waals surface area contributed by atoms with Gasteiger partial charge >= 0.3 is 0 Å². The van der Waals surface area contributed by atoms with Gasteiger partial charge in [0.25, 0.3) is 5.56 Å². The first-order valence-electron chi connectivity index (χ1n) is 9.55. The lowest BCUT2D eigenvalue weighted by atomic mass is 10.0. The van der Waals surface area contributed by atoms with Crippen LogP contribution in [-0.4, -0.2) is 36.0 Å². The molecule has 0 spiro atoms. The third kappa shape index (κ3) is 4.88. The van der Waals surface area contributed by atoms with Crippen molar-refractivity contribution in [3.05, 3.63) is 64.4 Å². The number of para-hydroxylation sites is 2. The lowest BCUT2D eigenvalue weighted by Gasteiger charge is -2.18. The fraction of sp³-hybridized carbons (Fsp3) is 0.333. The molecule has 0 fully saturated rings. The van der Waals surface area contributed by atoms with Crippen molar-refractivity contribution in [3.8, 4) is 5.69 Å². The van der Waals surface area contributed by atoms with E-state index in [1.807, 2.05) is 42.5 Å². The Morgan fingerprint density at radius 2 is 1.79 bits per heavy atom. The standard InChI is InChI=1S/C21H25N3O3S2/c1-4-29(26,27)22-13-14-28-21-23-18-11-7-5-10-17(18)20(25)24(21)19-12-8-6-9-16(19)15(2)3/h5-12,15,22H,4,13-14H2,1-3H3. The zero-order valence-corrected chi connectivity index (χ0v) is 18.4. The van der Waals surface area contributed by atoms with E-state index in [0.717, 1.165) is 11.3 Å². The summed E-state index contributed by atoms with van der Waals surface area (Å²) in [5.41, 5.74) is 2.37. The van der Waals surface area contributed by atoms with Gasteiger partial charge in [-0.2, -0.15) is 0 Å². The number of sulfonamides is 1. The number of nitrogens with zero attached hydrogens (tertiary/aromatic N) is 2. The molecule has 0 radical (unpaired) electrons. The minimum Gasteiger partial charge on any atom is -0.268 e. The van der Waals surface area contributed by atoms with Crippen molar-refractivity contribution in [1.29, 1.82) is 0 Å². The van der Waals surface area contributed by atoms with E-state index in [9.17, 15) is 13.2 Å². The van der Waals surface area contributed by atoms with Crippen LogP contribution in [-0.2, 0) is 10.0 Å². The maximum Gasteiger partial charge on any atom is 0.266 e. The van der Waals surface area contributed by atoms with Crippen molar-refractivity contribution in [2.45, 2.75) is 31.8 Å². The number of rotatable bonds is 8. The van der Waals surface area contributed by atoms with Gasteiger partial charge in [-0.15, -0.1) is 0 Å². The minimum absolute atomic E-state index is 0.0400. The second-order valence-corrected chi connectivity index (χ2v) is 10.1. The van der Waals surface area contributed by atoms with Crippen LogP contribution in [0.25, 0.3) is 16.6 Å². The first-order valence-corrected chi connectivity index (χ1v) is 12.2. The van der Waals surface area contributed by atoms with E-state index in [1.165, 1.54) is 11.8 Å². The molecule has 0 saturated heterocycles. The van der Waals surface area contributed by atoms with Crippen LogP contribution in [0.3, 0.4) is 0 Å². The van der Waals surface area contributed by atoms with Crippen LogP contribution in [0.5, 0.6) is 0 Å². The van der Waals surface area contributed by atoms with Gasteiger partial charge in [-0.1, -0.05) is 55.9 Å². The van der Waals surface area contributed by atoms with E-state index in [1.54, 1.807) is 17.6 Å². The van der Waals surface area contributed by atoms with Gasteiger partial charge in [0.15, 0.2) is 5.16 Å². The van der Waals surface area contributed by atoms with E-state index in [0.29, 0.717) is 21.8 Å². The maximum atomic E-state index is 13.4. The first-order chi connectivity index (χ1) is 13.8. The third-order valence-electron chi connectivity index (χ3n) is 4.58. The summed E-state index contributed by atoms with van der Waals surface area (Å²) in [6.45, 7) is 6.05. The molecule has 3 rings (SSSR count). The Balaban J connectivity index is 2.07. The van der Waals surface area contributed by atoms with Gasteiger partial charge in [-0.25, -0.2) is 18.1 Å². The normalized spacial score (nSPS) is 12.0. The van der Waals surface area contributed by atoms with Crippen molar-refractivity contribution in [3.63, 3.8) is 0 Å². The van der Waals surface area contributed by atoms with Crippen molar-refractivity contribution in [2.24, 2.45) is 0 Å². The monoisotopic (exact) mass is 431 g/mol. The molecule has 0 aliphatic rings. The lowest BCUT2D eigenvalue weighted by molar-refractivity contribution is 0.585. The van der Waals surface area contributed by atoms with Crippen LogP contribution in [0.2, 0.25) is 0 Å². The summed E-state index contributed by atoms with van der Waals surface area (Å²) in [6, 6.07) is 15.1. The summed E-state index contributed by atoms with van der Waals surface area (Å²) in [4.78, 5) is 18.1. The Morgan fingerprint density at radius 3 is 2.52 bits per heavy atom. The molecular weight excluding hydrogens is 406 g/mol. The fourth-order valence-corrected chi connectivity index (χ4v) is 4.65. The van der Waals surface area contributed by atoms with Crippen LogP contribution in [0.4, 0.5) is 0 Å². The molecular formula is C21H25N3O3S2. The van der Waals surface area contributed by atoms with Crippen molar-refractivity contribution >= 4 is 32.7 Å². The molecule has 0 aliphatic carbocycles. The van der Waals surface area contributed by atoms with E-state index in [2.05, 4.69) is 18.6 Å². The number of nitrogens with one attached hydrogen (secondary N) is 1. The summed E-state index contributed by atoms with van der Waals surface area (Å²) in [7, 11) is -3.25. The molecule has 29 heavy (non-hydrogen) atoms. The number of hydrogen-bond acceptors (Lipinski definition) is 5. The smallest absolute Gasteiger partial charge is 0.266 e. The highest BCUT2D eigenvalue weighted by atomic mass is 32.2. The summed E-state index contributed by atoms with van der Waals surface area (Å²) in [5.74, 6) is 0.741. The highest BCUT2D eigenvalue weighted by molar-refractivity contribution is 7.99. The van der Waals surface area contributed by atoms with E-state index < -0.39 is 10.0 Å². The summed E-state index contributed by atoms with van der Waals surface area (Å²) < 4.78 is 27.5. The SMILES string of the molecule is CCS(=O)(=O)NCCSc1nc2ccccc2c(=O)n1-c1ccccc1C(C)C. The Kier molecular flexibility index (Phi) is 6.77. The average molecular weight is 432 g/mol. The zero-order valence-electron chi connectivity index (χ0n) is 16.8. The second-order valence-electron chi connectivity index (χ2n) is 6.91. The number of benzene rings is 2. The van der Waals surface area contributed by atoms with Gasteiger partial charge in [0.2, 0.25) is 10.0 Å². The molecule has 0 unspecified atom stereocenters. The molecule has 0 saturated carbocycles. The van der Waals surface area contributed by atoms with Crippen LogP contribution < -0.4 is 10.3 Å². The summed E-state index contributed by atoms with van der Waals surface area (Å²) in [6.07, 6.45) is 0. The molecule has 0 atom stereocenters. The first kappa shape index (κ1) is 21.5. The highest BCUT2D eigenvalue weighted by Crippen LogP contribution is 2.26. The summed E-state index contributed by atoms with van der Waals surface area (Å²) >= 11 is 1.37. The second kappa shape index (κ2) is 9.11. The van der Waals surface area contributed by atoms with Crippen molar-refractivity contribution in [1.82, 2.24) is 14.3 Å². The molecule has 0 aliphatic heterocycles. The average Bonchev–Trinajstić information content (AvgIpc) is 2.71. The van der Waals surface area contributed by atoms with Gasteiger partial charge in [0, 0.05) is 12.3 Å². The number of hydrogen-bond donors (Lipinski definition) is 1. The lowest BCUT2D eigenvalue weighted by Crippen LogP contribution is -2.28. The largest absolute Gasteiger partial charge is 0.268 e. The van der Waals surface area contributed by atoms with E-state index in [4.69, 9.17) is 4.98 Å². The Morgan fingerprint density at radius 1 is 1.10 bits per heavy atom. The van der Waals surface area contributed by atoms with Gasteiger partial charge in [0.05, 0.1) is 22.3 Å². The topological polar surface area (TPSA) is 81.1 Å². The molecule has 2 aromatic carbocycles. The van der Waals surface area contributed by atoms with Gasteiger partial charge in [-0.3, -0.25) is 9.36 Å². The molecule has 3 aromatic rings. The number of fused-ring (bicyclic) bond motifs is 1. The summed E-state index contributed by atoms with van der Waals surface area (Å²) in [5, 5.41) is 1.11. The minimum atomic E-state index is -3.25. The van der Waals surface area contributed by atoms with Crippen molar-refractivity contribution < 1.29 is 8.42 Å². The Hall–Kier alpha value is -2.16. The highest BCUT2D eigenvalue weighted by Gasteiger charge is 2.17. The molecule has 8 heteroatoms. The Bertz CT molecular complexity index is 1170. The number of thioether (sulfide) groups is 1. The van der Waals surface area contributed by atoms with Gasteiger partial charge in [-0.05, 0) is 36.6 Å². The quantitative estimate of drug-likeness (QED) is 0.335. The molecule has 0 amide bonds. The number of aromatic nitrogens is 2. The molecule has 154 valence electrons. The molecule has 0 bridgehead atoms. The zero-order chi connectivity index (χ0) is 21.0. The van der Waals surface area contributed by atoms with E-state index >= 15 is 0 Å². The van der Waals surface area contributed by atoms with E-state index in [-0.39, 0.29) is 23.8 Å². The van der Waals surface area contributed by atoms with Gasteiger partial charge in [0.1, 0.15) is 0 Å². The van der Waals surface area contributed by atoms with Crippen LogP contribution in [0.1, 0.15) is 32.3 Å². The molecule has 1 N–H and O–H groups in total. The van der Waals surface area contributed by atoms with Crippen LogP contribution in [0, 0.1) is 0 Å². The Labute approximate surface area is 175 Å². The fourth-order valence-electron chi connectivity index (χ4n) is 3.04. The predicted octanol–water partition coefficient (Wildman–Crippen LogP) is 3.54. The third-order valence-corrected chi connectivity index (χ3v) is 6.92.